The largest absolute Gasteiger partial charge is 0.479 e. The summed E-state index contributed by atoms with van der Waals surface area (Å²) in [6.07, 6.45) is 70.0. The SMILES string of the molecule is CC/C=C\C/C=C\C/C=C\C/C=C\C/C=C\CCCCCC(=O)OCC(COC1OC(C(=O)O)C(O)C(O)C1OC(=O)CCCCCCCCC/C=C\C/C=C\CCCCC)OC(=O)CCCCCCCC/C=C\C/C=C\C/C=C\CCCCC. The summed E-state index contributed by atoms with van der Waals surface area (Å²) in [6.45, 7) is 5.80. The van der Waals surface area contributed by atoms with Crippen LogP contribution in [0, 0.1) is 0 Å². The zero-order valence-corrected chi connectivity index (χ0v) is 53.3. The van der Waals surface area contributed by atoms with Crippen LogP contribution >= 0.6 is 0 Å². The maximum absolute atomic E-state index is 13.2. The molecule has 0 saturated carbocycles. The third kappa shape index (κ3) is 48.9. The molecule has 0 amide bonds. The zero-order valence-electron chi connectivity index (χ0n) is 53.3. The minimum absolute atomic E-state index is 0.0408. The van der Waals surface area contributed by atoms with Crippen molar-refractivity contribution >= 4 is 23.9 Å². The molecule has 6 unspecified atom stereocenters. The van der Waals surface area contributed by atoms with Crippen LogP contribution < -0.4 is 0 Å². The van der Waals surface area contributed by atoms with E-state index in [1.807, 2.05) is 0 Å². The van der Waals surface area contributed by atoms with Crippen molar-refractivity contribution in [3.05, 3.63) is 122 Å². The van der Waals surface area contributed by atoms with Gasteiger partial charge in [0.05, 0.1) is 6.61 Å². The van der Waals surface area contributed by atoms with Crippen LogP contribution in [0.4, 0.5) is 0 Å². The van der Waals surface area contributed by atoms with Gasteiger partial charge in [-0.1, -0.05) is 232 Å². The van der Waals surface area contributed by atoms with Gasteiger partial charge in [0.2, 0.25) is 0 Å². The third-order valence-electron chi connectivity index (χ3n) is 14.5. The predicted molar refractivity (Wildman–Crippen MR) is 349 cm³/mol. The Morgan fingerprint density at radius 2 is 0.741 bits per heavy atom. The molecule has 3 N–H and O–H groups in total. The Hall–Kier alpha value is -4.88. The third-order valence-corrected chi connectivity index (χ3v) is 14.5. The number of rotatable bonds is 56. The molecule has 0 aromatic carbocycles. The number of ether oxygens (including phenoxy) is 5. The average molecular weight is 1190 g/mol. The summed E-state index contributed by atoms with van der Waals surface area (Å²) in [5, 5.41) is 31.6. The first-order valence-electron chi connectivity index (χ1n) is 33.5. The number of carbonyl (C=O) groups excluding carboxylic acids is 3. The van der Waals surface area contributed by atoms with Gasteiger partial charge >= 0.3 is 23.9 Å². The number of carbonyl (C=O) groups is 4. The Bertz CT molecular complexity index is 1940. The Morgan fingerprint density at radius 1 is 0.400 bits per heavy atom. The minimum Gasteiger partial charge on any atom is -0.479 e. The molecule has 85 heavy (non-hydrogen) atoms. The molecule has 1 saturated heterocycles. The van der Waals surface area contributed by atoms with Crippen molar-refractivity contribution in [2.75, 3.05) is 13.2 Å². The van der Waals surface area contributed by atoms with Gasteiger partial charge in [-0.2, -0.15) is 0 Å². The molecule has 12 nitrogen and oxygen atoms in total. The summed E-state index contributed by atoms with van der Waals surface area (Å²) >= 11 is 0. The van der Waals surface area contributed by atoms with Crippen molar-refractivity contribution in [2.45, 2.75) is 302 Å². The zero-order chi connectivity index (χ0) is 61.7. The summed E-state index contributed by atoms with van der Waals surface area (Å²) < 4.78 is 28.5. The number of carboxylic acid groups (broad SMARTS) is 1. The van der Waals surface area contributed by atoms with Crippen molar-refractivity contribution in [1.29, 1.82) is 0 Å². The van der Waals surface area contributed by atoms with Gasteiger partial charge in [-0.25, -0.2) is 4.79 Å². The average Bonchev–Trinajstić information content (AvgIpc) is 3.46. The molecule has 0 aromatic rings. The minimum atomic E-state index is -1.92. The van der Waals surface area contributed by atoms with E-state index in [4.69, 9.17) is 23.7 Å². The fraction of sp³-hybridized carbons (Fsp3) is 0.671. The maximum Gasteiger partial charge on any atom is 0.335 e. The summed E-state index contributed by atoms with van der Waals surface area (Å²) in [6, 6.07) is 0. The lowest BCUT2D eigenvalue weighted by atomic mass is 9.98. The van der Waals surface area contributed by atoms with E-state index in [2.05, 4.69) is 142 Å². The summed E-state index contributed by atoms with van der Waals surface area (Å²) in [5.74, 6) is -3.20. The number of hydrogen-bond donors (Lipinski definition) is 3. The van der Waals surface area contributed by atoms with Gasteiger partial charge in [0.15, 0.2) is 24.6 Å². The molecule has 0 radical (unpaired) electrons. The lowest BCUT2D eigenvalue weighted by Crippen LogP contribution is -2.61. The Labute approximate surface area is 516 Å². The van der Waals surface area contributed by atoms with Crippen LogP contribution in [0.5, 0.6) is 0 Å². The Morgan fingerprint density at radius 3 is 1.14 bits per heavy atom. The van der Waals surface area contributed by atoms with Gasteiger partial charge in [-0.3, -0.25) is 14.4 Å². The van der Waals surface area contributed by atoms with Crippen molar-refractivity contribution in [1.82, 2.24) is 0 Å². The highest BCUT2D eigenvalue weighted by atomic mass is 16.7. The molecule has 1 aliphatic heterocycles. The smallest absolute Gasteiger partial charge is 0.335 e. The second-order valence-corrected chi connectivity index (χ2v) is 22.4. The topological polar surface area (TPSA) is 175 Å². The van der Waals surface area contributed by atoms with Crippen LogP contribution in [0.15, 0.2) is 122 Å². The summed E-state index contributed by atoms with van der Waals surface area (Å²) in [5.41, 5.74) is 0. The highest BCUT2D eigenvalue weighted by molar-refractivity contribution is 5.74. The molecule has 0 spiro atoms. The van der Waals surface area contributed by atoms with Gasteiger partial charge in [-0.05, 0) is 135 Å². The molecule has 482 valence electrons. The van der Waals surface area contributed by atoms with Gasteiger partial charge in [0.1, 0.15) is 18.8 Å². The van der Waals surface area contributed by atoms with Crippen LogP contribution in [0.25, 0.3) is 0 Å². The highest BCUT2D eigenvalue weighted by Crippen LogP contribution is 2.26. The van der Waals surface area contributed by atoms with E-state index in [1.54, 1.807) is 0 Å². The molecule has 1 heterocycles. The van der Waals surface area contributed by atoms with Crippen LogP contribution in [0.2, 0.25) is 0 Å². The van der Waals surface area contributed by atoms with Gasteiger partial charge in [0.25, 0.3) is 0 Å². The van der Waals surface area contributed by atoms with E-state index in [1.165, 1.54) is 44.9 Å². The van der Waals surface area contributed by atoms with Gasteiger partial charge in [-0.15, -0.1) is 0 Å². The quantitative estimate of drug-likeness (QED) is 0.0228. The molecule has 0 aromatic heterocycles. The number of aliphatic hydroxyl groups is 2. The van der Waals surface area contributed by atoms with E-state index in [0.717, 1.165) is 161 Å². The van der Waals surface area contributed by atoms with Gasteiger partial charge in [0, 0.05) is 19.3 Å². The molecule has 6 atom stereocenters. The number of hydrogen-bond acceptors (Lipinski definition) is 11. The van der Waals surface area contributed by atoms with Crippen molar-refractivity contribution in [3.63, 3.8) is 0 Å². The normalized spacial score (nSPS) is 18.2. The lowest BCUT2D eigenvalue weighted by Gasteiger charge is -2.40. The molecular formula is C73H118O12. The Kier molecular flexibility index (Phi) is 54.6. The van der Waals surface area contributed by atoms with Crippen molar-refractivity contribution in [2.24, 2.45) is 0 Å². The van der Waals surface area contributed by atoms with Crippen LogP contribution in [0.1, 0.15) is 265 Å². The number of aliphatic carboxylic acids is 1. The molecule has 1 rings (SSSR count). The Balaban J connectivity index is 2.70. The van der Waals surface area contributed by atoms with E-state index in [-0.39, 0.29) is 25.9 Å². The van der Waals surface area contributed by atoms with Crippen molar-refractivity contribution < 1.29 is 58.2 Å². The molecule has 1 fully saturated rings. The van der Waals surface area contributed by atoms with E-state index in [0.29, 0.717) is 19.3 Å². The predicted octanol–water partition coefficient (Wildman–Crippen LogP) is 18.3. The van der Waals surface area contributed by atoms with Gasteiger partial charge < -0.3 is 39.0 Å². The molecule has 0 bridgehead atoms. The first-order chi connectivity index (χ1) is 41.6. The number of carboxylic acids is 1. The van der Waals surface area contributed by atoms with E-state index >= 15 is 0 Å². The second kappa shape index (κ2) is 59.5. The number of aliphatic hydroxyl groups excluding tert-OH is 2. The lowest BCUT2D eigenvalue weighted by molar-refractivity contribution is -0.301. The standard InChI is InChI=1S/C73H118O12/c1-4-7-10-13-16-19-22-25-28-31-33-36-38-41-44-47-50-53-56-59-65(74)81-62-64(83-66(75)60-57-54-51-48-45-42-40-37-34-32-29-26-23-20-17-14-11-8-5-2)63-82-73-71(69(78)68(77)70(85-73)72(79)80)84-67(76)61-58-55-52-49-46-43-39-35-30-27-24-21-18-15-12-9-6-3/h7,10,16-21,25-30,33-34,36-37,41,44,64,68-71,73,77-78H,4-6,8-9,11-15,22-24,31-32,35,38-40,42-43,45-63H2,1-3H3,(H,79,80)/b10-7-,19-16-,20-17-,21-18-,28-25-,29-26-,30-27-,36-33-,37-34-,44-41-. The maximum atomic E-state index is 13.2. The first kappa shape index (κ1) is 78.1. The fourth-order valence-corrected chi connectivity index (χ4v) is 9.37. The monoisotopic (exact) mass is 1190 g/mol. The first-order valence-corrected chi connectivity index (χ1v) is 33.5. The van der Waals surface area contributed by atoms with E-state index < -0.39 is 67.3 Å². The molecule has 1 aliphatic rings. The van der Waals surface area contributed by atoms with Crippen LogP contribution in [-0.2, 0) is 42.9 Å². The summed E-state index contributed by atoms with van der Waals surface area (Å²) in [4.78, 5) is 51.4. The van der Waals surface area contributed by atoms with Crippen molar-refractivity contribution in [3.8, 4) is 0 Å². The number of allylic oxidation sites excluding steroid dienone is 20. The highest BCUT2D eigenvalue weighted by Gasteiger charge is 2.50. The molecule has 0 aliphatic carbocycles. The fourth-order valence-electron chi connectivity index (χ4n) is 9.37. The van der Waals surface area contributed by atoms with E-state index in [9.17, 15) is 34.5 Å². The number of esters is 3. The molecular weight excluding hydrogens is 1070 g/mol. The summed E-state index contributed by atoms with van der Waals surface area (Å²) in [7, 11) is 0. The van der Waals surface area contributed by atoms with Crippen LogP contribution in [-0.4, -0.2) is 89.2 Å². The van der Waals surface area contributed by atoms with Crippen LogP contribution in [0.3, 0.4) is 0 Å². The molecule has 12 heteroatoms. The second-order valence-electron chi connectivity index (χ2n) is 22.4. The number of unbranched alkanes of at least 4 members (excludes halogenated alkanes) is 22.